The molecule has 0 aliphatic heterocycles. The maximum atomic E-state index is 5.39. The molecular formula is C6H10BrN3. The average Bonchev–Trinajstić information content (AvgIpc) is 2.30. The smallest absolute Gasteiger partial charge is 0.177 e. The van der Waals surface area contributed by atoms with E-state index in [1.807, 2.05) is 10.8 Å². The molecule has 10 heavy (non-hydrogen) atoms. The van der Waals surface area contributed by atoms with Gasteiger partial charge in [-0.1, -0.05) is 0 Å². The van der Waals surface area contributed by atoms with Gasteiger partial charge in [-0.25, -0.2) is 4.98 Å². The first-order chi connectivity index (χ1) is 4.77. The molecule has 0 saturated heterocycles. The average molecular weight is 204 g/mol. The maximum Gasteiger partial charge on any atom is 0.177 e. The molecule has 0 aliphatic carbocycles. The number of halogens is 1. The Kier molecular flexibility index (Phi) is 2.45. The van der Waals surface area contributed by atoms with Gasteiger partial charge in [0, 0.05) is 19.3 Å². The van der Waals surface area contributed by atoms with Crippen LogP contribution in [0.25, 0.3) is 0 Å². The van der Waals surface area contributed by atoms with Crippen molar-refractivity contribution in [2.75, 3.05) is 0 Å². The molecule has 0 aromatic carbocycles. The van der Waals surface area contributed by atoms with E-state index in [2.05, 4.69) is 27.8 Å². The van der Waals surface area contributed by atoms with Crippen LogP contribution in [0.5, 0.6) is 0 Å². The first-order valence-electron chi connectivity index (χ1n) is 3.19. The highest BCUT2D eigenvalue weighted by Gasteiger charge is 2.00. The monoisotopic (exact) mass is 203 g/mol. The summed E-state index contributed by atoms with van der Waals surface area (Å²) in [5.74, 6) is 0. The Labute approximate surface area is 68.4 Å². The van der Waals surface area contributed by atoms with Crippen LogP contribution in [0.15, 0.2) is 10.9 Å². The summed E-state index contributed by atoms with van der Waals surface area (Å²) < 4.78 is 2.86. The van der Waals surface area contributed by atoms with Gasteiger partial charge in [-0.2, -0.15) is 0 Å². The zero-order valence-electron chi connectivity index (χ0n) is 5.84. The molecule has 2 N–H and O–H groups in total. The Bertz CT molecular complexity index is 219. The van der Waals surface area contributed by atoms with Gasteiger partial charge >= 0.3 is 0 Å². The second-order valence-electron chi connectivity index (χ2n) is 1.99. The van der Waals surface area contributed by atoms with Gasteiger partial charge < -0.3 is 10.3 Å². The van der Waals surface area contributed by atoms with Crippen LogP contribution in [-0.4, -0.2) is 9.55 Å². The van der Waals surface area contributed by atoms with Crippen molar-refractivity contribution in [1.82, 2.24) is 9.55 Å². The predicted octanol–water partition coefficient (Wildman–Crippen LogP) is 1.12. The van der Waals surface area contributed by atoms with Gasteiger partial charge in [-0.15, -0.1) is 0 Å². The standard InChI is InChI=1S/C6H10BrN3/c1-2-10-4-5(3-8)9-6(10)7/h4H,2-3,8H2,1H3. The van der Waals surface area contributed by atoms with E-state index >= 15 is 0 Å². The molecule has 0 fully saturated rings. The van der Waals surface area contributed by atoms with Crippen LogP contribution >= 0.6 is 15.9 Å². The third-order valence-electron chi connectivity index (χ3n) is 1.33. The lowest BCUT2D eigenvalue weighted by Gasteiger charge is -1.93. The summed E-state index contributed by atoms with van der Waals surface area (Å²) in [5.41, 5.74) is 6.31. The minimum Gasteiger partial charge on any atom is -0.326 e. The molecule has 0 amide bonds. The maximum absolute atomic E-state index is 5.39. The molecular weight excluding hydrogens is 194 g/mol. The minimum atomic E-state index is 0.506. The van der Waals surface area contributed by atoms with E-state index in [-0.39, 0.29) is 0 Å². The van der Waals surface area contributed by atoms with E-state index in [4.69, 9.17) is 5.73 Å². The fourth-order valence-corrected chi connectivity index (χ4v) is 1.35. The number of nitrogens with two attached hydrogens (primary N) is 1. The van der Waals surface area contributed by atoms with Gasteiger partial charge in [0.25, 0.3) is 0 Å². The molecule has 1 aromatic heterocycles. The lowest BCUT2D eigenvalue weighted by atomic mass is 10.5. The molecule has 56 valence electrons. The van der Waals surface area contributed by atoms with E-state index in [0.29, 0.717) is 6.54 Å². The predicted molar refractivity (Wildman–Crippen MR) is 43.5 cm³/mol. The van der Waals surface area contributed by atoms with Crippen molar-refractivity contribution >= 4 is 15.9 Å². The highest BCUT2D eigenvalue weighted by atomic mass is 79.9. The largest absolute Gasteiger partial charge is 0.326 e. The number of hydrogen-bond donors (Lipinski definition) is 1. The summed E-state index contributed by atoms with van der Waals surface area (Å²) in [7, 11) is 0. The number of rotatable bonds is 2. The van der Waals surface area contributed by atoms with Crippen molar-refractivity contribution in [3.8, 4) is 0 Å². The number of hydrogen-bond acceptors (Lipinski definition) is 2. The summed E-state index contributed by atoms with van der Waals surface area (Å²) in [6.45, 7) is 3.49. The lowest BCUT2D eigenvalue weighted by Crippen LogP contribution is -1.95. The Balaban J connectivity index is 2.92. The number of aromatic nitrogens is 2. The fourth-order valence-electron chi connectivity index (χ4n) is 0.765. The zero-order valence-corrected chi connectivity index (χ0v) is 7.43. The Morgan fingerprint density at radius 2 is 2.50 bits per heavy atom. The third kappa shape index (κ3) is 1.38. The van der Waals surface area contributed by atoms with E-state index in [9.17, 15) is 0 Å². The molecule has 1 rings (SSSR count). The molecule has 1 heterocycles. The van der Waals surface area contributed by atoms with Crippen LogP contribution in [-0.2, 0) is 13.1 Å². The van der Waals surface area contributed by atoms with Crippen molar-refractivity contribution in [1.29, 1.82) is 0 Å². The Morgan fingerprint density at radius 3 is 2.80 bits per heavy atom. The first-order valence-corrected chi connectivity index (χ1v) is 3.98. The Morgan fingerprint density at radius 1 is 1.80 bits per heavy atom. The summed E-state index contributed by atoms with van der Waals surface area (Å²) >= 11 is 3.31. The van der Waals surface area contributed by atoms with Crippen LogP contribution in [0.1, 0.15) is 12.6 Å². The van der Waals surface area contributed by atoms with Gasteiger partial charge in [-0.3, -0.25) is 0 Å². The summed E-state index contributed by atoms with van der Waals surface area (Å²) in [4.78, 5) is 4.15. The van der Waals surface area contributed by atoms with Crippen molar-refractivity contribution in [3.63, 3.8) is 0 Å². The lowest BCUT2D eigenvalue weighted by molar-refractivity contribution is 0.740. The summed E-state index contributed by atoms with van der Waals surface area (Å²) in [6, 6.07) is 0. The molecule has 0 aliphatic rings. The molecule has 0 spiro atoms. The topological polar surface area (TPSA) is 43.8 Å². The summed E-state index contributed by atoms with van der Waals surface area (Å²) in [6.07, 6.45) is 1.95. The van der Waals surface area contributed by atoms with Crippen molar-refractivity contribution in [2.24, 2.45) is 5.73 Å². The van der Waals surface area contributed by atoms with E-state index in [1.54, 1.807) is 0 Å². The van der Waals surface area contributed by atoms with E-state index < -0.39 is 0 Å². The van der Waals surface area contributed by atoms with Crippen molar-refractivity contribution in [2.45, 2.75) is 20.0 Å². The second kappa shape index (κ2) is 3.16. The Hall–Kier alpha value is -0.350. The van der Waals surface area contributed by atoms with Crippen LogP contribution < -0.4 is 5.73 Å². The molecule has 0 unspecified atom stereocenters. The molecule has 3 nitrogen and oxygen atoms in total. The van der Waals surface area contributed by atoms with Gasteiger partial charge in [0.15, 0.2) is 4.73 Å². The van der Waals surface area contributed by atoms with E-state index in [0.717, 1.165) is 17.0 Å². The van der Waals surface area contributed by atoms with Gasteiger partial charge in [0.05, 0.1) is 5.69 Å². The highest BCUT2D eigenvalue weighted by molar-refractivity contribution is 9.10. The first kappa shape index (κ1) is 7.75. The SMILES string of the molecule is CCn1cc(CN)nc1Br. The molecule has 4 heteroatoms. The zero-order chi connectivity index (χ0) is 7.56. The van der Waals surface area contributed by atoms with Crippen LogP contribution in [0.3, 0.4) is 0 Å². The fraction of sp³-hybridized carbons (Fsp3) is 0.500. The number of nitrogens with zero attached hydrogens (tertiary/aromatic N) is 2. The third-order valence-corrected chi connectivity index (χ3v) is 1.96. The molecule has 0 radical (unpaired) electrons. The van der Waals surface area contributed by atoms with E-state index in [1.165, 1.54) is 0 Å². The van der Waals surface area contributed by atoms with Gasteiger partial charge in [0.2, 0.25) is 0 Å². The van der Waals surface area contributed by atoms with Crippen LogP contribution in [0, 0.1) is 0 Å². The highest BCUT2D eigenvalue weighted by Crippen LogP contribution is 2.08. The molecule has 0 bridgehead atoms. The summed E-state index contributed by atoms with van der Waals surface area (Å²) in [5, 5.41) is 0. The molecule has 0 atom stereocenters. The van der Waals surface area contributed by atoms with Crippen LogP contribution in [0.2, 0.25) is 0 Å². The molecule has 1 aromatic rings. The van der Waals surface area contributed by atoms with Gasteiger partial charge in [-0.05, 0) is 22.9 Å². The molecule has 0 saturated carbocycles. The van der Waals surface area contributed by atoms with Gasteiger partial charge in [0.1, 0.15) is 0 Å². The number of aryl methyl sites for hydroxylation is 1. The van der Waals surface area contributed by atoms with Crippen LogP contribution in [0.4, 0.5) is 0 Å². The second-order valence-corrected chi connectivity index (χ2v) is 2.70. The van der Waals surface area contributed by atoms with Crippen molar-refractivity contribution < 1.29 is 0 Å². The quantitative estimate of drug-likeness (QED) is 0.784. The number of imidazole rings is 1. The minimum absolute atomic E-state index is 0.506. The van der Waals surface area contributed by atoms with Crippen molar-refractivity contribution in [3.05, 3.63) is 16.6 Å². The normalized spacial score (nSPS) is 10.3.